The molecule has 2 N–H and O–H groups in total. The predicted octanol–water partition coefficient (Wildman–Crippen LogP) is 1.27. The summed E-state index contributed by atoms with van der Waals surface area (Å²) >= 11 is 0. The van der Waals surface area contributed by atoms with E-state index in [0.29, 0.717) is 5.56 Å². The number of rotatable bonds is 4. The van der Waals surface area contributed by atoms with Gasteiger partial charge in [0, 0.05) is 6.04 Å². The maximum Gasteiger partial charge on any atom is 0.500 e. The summed E-state index contributed by atoms with van der Waals surface area (Å²) in [6.45, 7) is -1.64. The summed E-state index contributed by atoms with van der Waals surface area (Å²) in [6.07, 6.45) is -4.56. The van der Waals surface area contributed by atoms with Gasteiger partial charge in [-0.1, -0.05) is 30.3 Å². The van der Waals surface area contributed by atoms with Gasteiger partial charge < -0.3 is 14.0 Å². The van der Waals surface area contributed by atoms with Crippen LogP contribution in [0.5, 0.6) is 0 Å². The second kappa shape index (κ2) is 4.96. The Morgan fingerprint density at radius 2 is 1.69 bits per heavy atom. The lowest BCUT2D eigenvalue weighted by atomic mass is 10.2. The van der Waals surface area contributed by atoms with Crippen molar-refractivity contribution in [3.8, 4) is 0 Å². The standard InChI is InChI=1S/C9H11F3O3Si/c10-9(11,12)7-15-16(13,14)6-8-4-2-1-3-5-8/h1-5,13-14H,6-7H2. The molecule has 0 bridgehead atoms. The van der Waals surface area contributed by atoms with Crippen molar-refractivity contribution in [3.05, 3.63) is 35.9 Å². The Hall–Kier alpha value is -0.893. The number of hydrogen-bond donors (Lipinski definition) is 2. The van der Waals surface area contributed by atoms with Crippen LogP contribution >= 0.6 is 0 Å². The van der Waals surface area contributed by atoms with Crippen molar-refractivity contribution < 1.29 is 27.2 Å². The summed E-state index contributed by atoms with van der Waals surface area (Å²) in [5, 5.41) is 0. The van der Waals surface area contributed by atoms with Crippen LogP contribution in [0.1, 0.15) is 5.56 Å². The second-order valence-electron chi connectivity index (χ2n) is 3.31. The maximum absolute atomic E-state index is 11.8. The molecule has 0 heterocycles. The number of hydrogen-bond acceptors (Lipinski definition) is 3. The van der Waals surface area contributed by atoms with Crippen molar-refractivity contribution in [2.75, 3.05) is 6.61 Å². The Morgan fingerprint density at radius 3 is 2.19 bits per heavy atom. The van der Waals surface area contributed by atoms with E-state index >= 15 is 0 Å². The number of alkyl halides is 3. The summed E-state index contributed by atoms with van der Waals surface area (Å²) in [4.78, 5) is 18.6. The van der Waals surface area contributed by atoms with E-state index in [0.717, 1.165) is 0 Å². The van der Waals surface area contributed by atoms with Crippen LogP contribution in [0, 0.1) is 0 Å². The van der Waals surface area contributed by atoms with E-state index < -0.39 is 21.6 Å². The van der Waals surface area contributed by atoms with Crippen molar-refractivity contribution in [2.45, 2.75) is 12.2 Å². The van der Waals surface area contributed by atoms with Gasteiger partial charge in [0.05, 0.1) is 0 Å². The fraction of sp³-hybridized carbons (Fsp3) is 0.333. The highest BCUT2D eigenvalue weighted by Crippen LogP contribution is 2.17. The average molecular weight is 252 g/mol. The van der Waals surface area contributed by atoms with Gasteiger partial charge in [0.2, 0.25) is 0 Å². The van der Waals surface area contributed by atoms with Gasteiger partial charge in [-0.25, -0.2) is 0 Å². The molecule has 1 rings (SSSR count). The first-order valence-corrected chi connectivity index (χ1v) is 6.49. The third-order valence-electron chi connectivity index (χ3n) is 1.74. The summed E-state index contributed by atoms with van der Waals surface area (Å²) < 4.78 is 39.5. The second-order valence-corrected chi connectivity index (χ2v) is 5.44. The number of benzene rings is 1. The summed E-state index contributed by atoms with van der Waals surface area (Å²) in [5.41, 5.74) is 0.529. The van der Waals surface area contributed by atoms with E-state index in [2.05, 4.69) is 4.43 Å². The molecular weight excluding hydrogens is 241 g/mol. The third kappa shape index (κ3) is 5.26. The molecule has 0 aromatic heterocycles. The van der Waals surface area contributed by atoms with Crippen LogP contribution in [0.25, 0.3) is 0 Å². The van der Waals surface area contributed by atoms with E-state index in [1.165, 1.54) is 0 Å². The van der Waals surface area contributed by atoms with Gasteiger partial charge in [-0.15, -0.1) is 0 Å². The minimum Gasteiger partial charge on any atom is -0.390 e. The van der Waals surface area contributed by atoms with Crippen LogP contribution in [0.15, 0.2) is 30.3 Å². The van der Waals surface area contributed by atoms with Crippen LogP contribution in [0.2, 0.25) is 0 Å². The van der Waals surface area contributed by atoms with Gasteiger partial charge in [-0.3, -0.25) is 0 Å². The Labute approximate surface area is 91.5 Å². The van der Waals surface area contributed by atoms with E-state index in [1.807, 2.05) is 0 Å². The summed E-state index contributed by atoms with van der Waals surface area (Å²) in [7, 11) is -4.27. The van der Waals surface area contributed by atoms with E-state index in [9.17, 15) is 22.8 Å². The first-order valence-electron chi connectivity index (χ1n) is 4.48. The summed E-state index contributed by atoms with van der Waals surface area (Å²) in [6, 6.07) is 7.92. The first kappa shape index (κ1) is 13.2. The Kier molecular flexibility index (Phi) is 4.08. The zero-order valence-electron chi connectivity index (χ0n) is 8.24. The molecule has 0 aliphatic rings. The highest BCUT2D eigenvalue weighted by Gasteiger charge is 2.38. The first-order chi connectivity index (χ1) is 7.29. The molecule has 7 heteroatoms. The van der Waals surface area contributed by atoms with Crippen LogP contribution in [-0.2, 0) is 10.5 Å². The largest absolute Gasteiger partial charge is 0.500 e. The lowest BCUT2D eigenvalue weighted by molar-refractivity contribution is -0.162. The lowest BCUT2D eigenvalue weighted by Gasteiger charge is -2.18. The highest BCUT2D eigenvalue weighted by molar-refractivity contribution is 6.57. The van der Waals surface area contributed by atoms with Gasteiger partial charge in [0.1, 0.15) is 6.61 Å². The molecule has 0 aliphatic carbocycles. The van der Waals surface area contributed by atoms with E-state index in [-0.39, 0.29) is 6.04 Å². The van der Waals surface area contributed by atoms with Crippen molar-refractivity contribution in [3.63, 3.8) is 0 Å². The zero-order chi connectivity index (χ0) is 12.2. The molecular formula is C9H11F3O3Si. The predicted molar refractivity (Wildman–Crippen MR) is 52.3 cm³/mol. The van der Waals surface area contributed by atoms with Crippen molar-refractivity contribution >= 4 is 8.80 Å². The zero-order valence-corrected chi connectivity index (χ0v) is 9.24. The van der Waals surface area contributed by atoms with Crippen molar-refractivity contribution in [1.29, 1.82) is 0 Å². The fourth-order valence-electron chi connectivity index (χ4n) is 1.11. The van der Waals surface area contributed by atoms with Crippen LogP contribution in [0.3, 0.4) is 0 Å². The average Bonchev–Trinajstić information content (AvgIpc) is 2.15. The molecule has 0 fully saturated rings. The molecule has 1 aromatic rings. The van der Waals surface area contributed by atoms with Gasteiger partial charge in [0.25, 0.3) is 0 Å². The van der Waals surface area contributed by atoms with Crippen molar-refractivity contribution in [1.82, 2.24) is 0 Å². The molecule has 0 saturated heterocycles. The van der Waals surface area contributed by atoms with E-state index in [4.69, 9.17) is 0 Å². The number of halogens is 3. The quantitative estimate of drug-likeness (QED) is 0.793. The molecule has 0 radical (unpaired) electrons. The van der Waals surface area contributed by atoms with Gasteiger partial charge >= 0.3 is 15.0 Å². The van der Waals surface area contributed by atoms with Gasteiger partial charge in [-0.2, -0.15) is 13.2 Å². The normalized spacial score (nSPS) is 12.8. The monoisotopic (exact) mass is 252 g/mol. The minimum atomic E-state index is -4.56. The molecule has 0 unspecified atom stereocenters. The molecule has 0 aliphatic heterocycles. The van der Waals surface area contributed by atoms with Gasteiger partial charge in [-0.05, 0) is 5.56 Å². The SMILES string of the molecule is O[Si](O)(Cc1ccccc1)OCC(F)(F)F. The van der Waals surface area contributed by atoms with Crippen LogP contribution < -0.4 is 0 Å². The molecule has 16 heavy (non-hydrogen) atoms. The minimum absolute atomic E-state index is 0.288. The molecule has 0 atom stereocenters. The molecule has 1 aromatic carbocycles. The topological polar surface area (TPSA) is 49.7 Å². The Morgan fingerprint density at radius 1 is 1.12 bits per heavy atom. The Bertz CT molecular complexity index is 327. The third-order valence-corrected chi connectivity index (χ3v) is 3.22. The van der Waals surface area contributed by atoms with Gasteiger partial charge in [0.15, 0.2) is 0 Å². The Balaban J connectivity index is 2.52. The molecule has 90 valence electrons. The molecule has 0 amide bonds. The molecule has 3 nitrogen and oxygen atoms in total. The maximum atomic E-state index is 11.8. The van der Waals surface area contributed by atoms with Crippen LogP contribution in [0.4, 0.5) is 13.2 Å². The van der Waals surface area contributed by atoms with E-state index in [1.54, 1.807) is 30.3 Å². The molecule has 0 saturated carbocycles. The van der Waals surface area contributed by atoms with Crippen LogP contribution in [-0.4, -0.2) is 31.2 Å². The smallest absolute Gasteiger partial charge is 0.390 e. The van der Waals surface area contributed by atoms with Crippen molar-refractivity contribution in [2.24, 2.45) is 0 Å². The molecule has 0 spiro atoms. The fourth-order valence-corrected chi connectivity index (χ4v) is 2.37. The lowest BCUT2D eigenvalue weighted by Crippen LogP contribution is -2.44. The summed E-state index contributed by atoms with van der Waals surface area (Å²) in [5.74, 6) is 0. The highest BCUT2D eigenvalue weighted by atomic mass is 28.4.